The van der Waals surface area contributed by atoms with Gasteiger partial charge in [0.15, 0.2) is 0 Å². The normalized spacial score (nSPS) is 12.2. The van der Waals surface area contributed by atoms with Crippen LogP contribution < -0.4 is 5.32 Å². The first kappa shape index (κ1) is 13.4. The van der Waals surface area contributed by atoms with E-state index >= 15 is 0 Å². The van der Waals surface area contributed by atoms with Crippen LogP contribution in [-0.4, -0.2) is 14.9 Å². The van der Waals surface area contributed by atoms with Crippen LogP contribution in [0.25, 0.3) is 10.9 Å². The number of rotatable bonds is 4. The van der Waals surface area contributed by atoms with E-state index in [0.717, 1.165) is 10.7 Å². The fraction of sp³-hybridized carbons (Fsp3) is 0.143. The average molecular weight is 300 g/mol. The molecule has 0 aliphatic heterocycles. The molecule has 21 heavy (non-hydrogen) atoms. The molecule has 1 N–H and O–H groups in total. The number of benzene rings is 1. The number of non-ortho nitro benzene ring substituents is 1. The number of thiazole rings is 1. The molecule has 2 aromatic heterocycles. The van der Waals surface area contributed by atoms with Gasteiger partial charge in [-0.3, -0.25) is 15.1 Å². The quantitative estimate of drug-likeness (QED) is 0.586. The Kier molecular flexibility index (Phi) is 3.49. The lowest BCUT2D eigenvalue weighted by Crippen LogP contribution is -2.07. The highest BCUT2D eigenvalue weighted by molar-refractivity contribution is 7.09. The van der Waals surface area contributed by atoms with Crippen molar-refractivity contribution in [1.29, 1.82) is 0 Å². The fourth-order valence-electron chi connectivity index (χ4n) is 2.18. The molecule has 3 rings (SSSR count). The third-order valence-electron chi connectivity index (χ3n) is 3.14. The third-order valence-corrected chi connectivity index (χ3v) is 4.10. The maximum absolute atomic E-state index is 11.1. The number of hydrogen-bond acceptors (Lipinski definition) is 6. The van der Waals surface area contributed by atoms with Gasteiger partial charge in [-0.1, -0.05) is 0 Å². The highest BCUT2D eigenvalue weighted by Gasteiger charge is 2.16. The van der Waals surface area contributed by atoms with E-state index in [0.29, 0.717) is 10.9 Å². The summed E-state index contributed by atoms with van der Waals surface area (Å²) in [4.78, 5) is 19.2. The summed E-state index contributed by atoms with van der Waals surface area (Å²) in [6.45, 7) is 2.00. The second-order valence-corrected chi connectivity index (χ2v) is 5.45. The Balaban J connectivity index is 2.04. The van der Waals surface area contributed by atoms with Crippen molar-refractivity contribution in [2.24, 2.45) is 0 Å². The van der Waals surface area contributed by atoms with Crippen molar-refractivity contribution in [2.75, 3.05) is 5.32 Å². The van der Waals surface area contributed by atoms with Crippen molar-refractivity contribution in [3.05, 3.63) is 57.2 Å². The molecule has 106 valence electrons. The Bertz CT molecular complexity index is 789. The number of nitro benzene ring substituents is 1. The van der Waals surface area contributed by atoms with E-state index in [-0.39, 0.29) is 11.7 Å². The minimum atomic E-state index is -0.391. The van der Waals surface area contributed by atoms with Gasteiger partial charge in [-0.05, 0) is 25.1 Å². The number of anilines is 1. The number of fused-ring (bicyclic) bond motifs is 1. The monoisotopic (exact) mass is 300 g/mol. The molecule has 0 saturated heterocycles. The van der Waals surface area contributed by atoms with Crippen LogP contribution in [0.5, 0.6) is 0 Å². The summed E-state index contributed by atoms with van der Waals surface area (Å²) in [6.07, 6.45) is 3.38. The van der Waals surface area contributed by atoms with Gasteiger partial charge >= 0.3 is 0 Å². The molecule has 1 unspecified atom stereocenters. The van der Waals surface area contributed by atoms with Gasteiger partial charge in [-0.15, -0.1) is 11.3 Å². The van der Waals surface area contributed by atoms with Crippen molar-refractivity contribution in [3.8, 4) is 0 Å². The zero-order valence-electron chi connectivity index (χ0n) is 11.2. The Labute approximate surface area is 124 Å². The zero-order valence-corrected chi connectivity index (χ0v) is 12.0. The maximum Gasteiger partial charge on any atom is 0.278 e. The summed E-state index contributed by atoms with van der Waals surface area (Å²) in [7, 11) is 0. The van der Waals surface area contributed by atoms with Crippen LogP contribution in [0.1, 0.15) is 18.0 Å². The molecular formula is C14H12N4O2S. The Morgan fingerprint density at radius 2 is 2.14 bits per heavy atom. The molecule has 0 radical (unpaired) electrons. The minimum Gasteiger partial charge on any atom is -0.374 e. The summed E-state index contributed by atoms with van der Waals surface area (Å²) in [5, 5.41) is 17.8. The fourth-order valence-corrected chi connectivity index (χ4v) is 2.82. The van der Waals surface area contributed by atoms with Gasteiger partial charge in [0.2, 0.25) is 0 Å². The topological polar surface area (TPSA) is 81.0 Å². The van der Waals surface area contributed by atoms with E-state index in [9.17, 15) is 10.1 Å². The van der Waals surface area contributed by atoms with Gasteiger partial charge in [0.05, 0.1) is 22.0 Å². The van der Waals surface area contributed by atoms with Gasteiger partial charge < -0.3 is 5.32 Å². The molecule has 2 heterocycles. The third kappa shape index (κ3) is 2.55. The number of nitrogens with zero attached hydrogens (tertiary/aromatic N) is 3. The lowest BCUT2D eigenvalue weighted by atomic mass is 10.1. The van der Waals surface area contributed by atoms with E-state index in [1.165, 1.54) is 6.07 Å². The molecule has 1 atom stereocenters. The molecule has 0 saturated carbocycles. The number of nitrogens with one attached hydrogen (secondary N) is 1. The molecule has 0 bridgehead atoms. The standard InChI is InChI=1S/C14H12N4O2S/c1-9(14-16-7-8-21-14)17-11-4-5-12(18(19)20)10-3-2-6-15-13(10)11/h2-9,17H,1H3. The number of hydrogen-bond donors (Lipinski definition) is 1. The molecule has 0 aliphatic rings. The lowest BCUT2D eigenvalue weighted by molar-refractivity contribution is -0.383. The molecule has 0 amide bonds. The second kappa shape index (κ2) is 5.45. The average Bonchev–Trinajstić information content (AvgIpc) is 3.01. The van der Waals surface area contributed by atoms with Crippen LogP contribution in [-0.2, 0) is 0 Å². The Hall–Kier alpha value is -2.54. The molecule has 7 heteroatoms. The van der Waals surface area contributed by atoms with Crippen molar-refractivity contribution >= 4 is 33.6 Å². The van der Waals surface area contributed by atoms with Crippen LogP contribution in [0.3, 0.4) is 0 Å². The van der Waals surface area contributed by atoms with Crippen molar-refractivity contribution in [2.45, 2.75) is 13.0 Å². The van der Waals surface area contributed by atoms with Crippen LogP contribution in [0.4, 0.5) is 11.4 Å². The Morgan fingerprint density at radius 3 is 2.86 bits per heavy atom. The van der Waals surface area contributed by atoms with E-state index < -0.39 is 4.92 Å². The second-order valence-electron chi connectivity index (χ2n) is 4.53. The number of pyridine rings is 1. The SMILES string of the molecule is CC(Nc1ccc([N+](=O)[O-])c2cccnc12)c1nccs1. The van der Waals surface area contributed by atoms with E-state index in [1.807, 2.05) is 12.3 Å². The zero-order chi connectivity index (χ0) is 14.8. The molecule has 0 aliphatic carbocycles. The van der Waals surface area contributed by atoms with Crippen LogP contribution in [0.2, 0.25) is 0 Å². The van der Waals surface area contributed by atoms with E-state index in [2.05, 4.69) is 15.3 Å². The van der Waals surface area contributed by atoms with Crippen molar-refractivity contribution in [3.63, 3.8) is 0 Å². The van der Waals surface area contributed by atoms with Gasteiger partial charge in [-0.2, -0.15) is 0 Å². The predicted molar refractivity (Wildman–Crippen MR) is 82.5 cm³/mol. The smallest absolute Gasteiger partial charge is 0.278 e. The summed E-state index contributed by atoms with van der Waals surface area (Å²) in [5.41, 5.74) is 1.42. The predicted octanol–water partition coefficient (Wildman–Crippen LogP) is 3.77. The molecule has 3 aromatic rings. The number of nitro groups is 1. The summed E-state index contributed by atoms with van der Waals surface area (Å²) < 4.78 is 0. The van der Waals surface area contributed by atoms with Gasteiger partial charge in [0, 0.05) is 23.8 Å². The molecule has 0 fully saturated rings. The maximum atomic E-state index is 11.1. The number of aromatic nitrogens is 2. The van der Waals surface area contributed by atoms with Gasteiger partial charge in [0.1, 0.15) is 10.5 Å². The molecule has 1 aromatic carbocycles. The molecular weight excluding hydrogens is 288 g/mol. The minimum absolute atomic E-state index is 0.0108. The van der Waals surface area contributed by atoms with Crippen LogP contribution in [0, 0.1) is 10.1 Å². The Morgan fingerprint density at radius 1 is 1.29 bits per heavy atom. The summed E-state index contributed by atoms with van der Waals surface area (Å²) in [6, 6.07) is 6.61. The first-order chi connectivity index (χ1) is 10.2. The first-order valence-electron chi connectivity index (χ1n) is 6.35. The molecule has 0 spiro atoms. The highest BCUT2D eigenvalue weighted by Crippen LogP contribution is 2.31. The van der Waals surface area contributed by atoms with Crippen molar-refractivity contribution in [1.82, 2.24) is 9.97 Å². The largest absolute Gasteiger partial charge is 0.374 e. The van der Waals surface area contributed by atoms with Crippen molar-refractivity contribution < 1.29 is 4.92 Å². The van der Waals surface area contributed by atoms with E-state index in [4.69, 9.17) is 0 Å². The first-order valence-corrected chi connectivity index (χ1v) is 7.23. The highest BCUT2D eigenvalue weighted by atomic mass is 32.1. The van der Waals surface area contributed by atoms with Crippen LogP contribution >= 0.6 is 11.3 Å². The summed E-state index contributed by atoms with van der Waals surface area (Å²) >= 11 is 1.56. The van der Waals surface area contributed by atoms with Gasteiger partial charge in [0.25, 0.3) is 5.69 Å². The lowest BCUT2D eigenvalue weighted by Gasteiger charge is -2.14. The van der Waals surface area contributed by atoms with E-state index in [1.54, 1.807) is 41.9 Å². The van der Waals surface area contributed by atoms with Crippen LogP contribution in [0.15, 0.2) is 42.0 Å². The van der Waals surface area contributed by atoms with Gasteiger partial charge in [-0.25, -0.2) is 4.98 Å². The summed E-state index contributed by atoms with van der Waals surface area (Å²) in [5.74, 6) is 0. The molecule has 6 nitrogen and oxygen atoms in total.